The average Bonchev–Trinajstić information content (AvgIpc) is 3.16. The van der Waals surface area contributed by atoms with Crippen LogP contribution in [-0.2, 0) is 16.1 Å². The van der Waals surface area contributed by atoms with E-state index in [1.165, 1.54) is 10.1 Å². The Morgan fingerprint density at radius 3 is 2.37 bits per heavy atom. The molecule has 3 aromatic carbocycles. The molecule has 0 fully saturated rings. The van der Waals surface area contributed by atoms with Gasteiger partial charge in [0.15, 0.2) is 0 Å². The average molecular weight is 417 g/mol. The number of benzene rings is 3. The van der Waals surface area contributed by atoms with E-state index in [-0.39, 0.29) is 24.4 Å². The van der Waals surface area contributed by atoms with Gasteiger partial charge < -0.3 is 9.47 Å². The Labute approximate surface area is 180 Å². The number of hydrogen-bond donors (Lipinski definition) is 0. The van der Waals surface area contributed by atoms with Gasteiger partial charge in [0, 0.05) is 9.58 Å². The van der Waals surface area contributed by atoms with Crippen LogP contribution in [0.1, 0.15) is 30.2 Å². The number of para-hydroxylation sites is 1. The lowest BCUT2D eigenvalue weighted by atomic mass is 9.94. The van der Waals surface area contributed by atoms with E-state index in [1.807, 2.05) is 66.7 Å². The summed E-state index contributed by atoms with van der Waals surface area (Å²) < 4.78 is 12.8. The van der Waals surface area contributed by atoms with E-state index >= 15 is 0 Å². The van der Waals surface area contributed by atoms with Crippen molar-refractivity contribution < 1.29 is 14.3 Å². The third-order valence-corrected chi connectivity index (χ3v) is 6.13. The van der Waals surface area contributed by atoms with Crippen molar-refractivity contribution in [1.82, 2.24) is 0 Å². The molecule has 1 heterocycles. The minimum atomic E-state index is -0.272. The summed E-state index contributed by atoms with van der Waals surface area (Å²) in [5, 5.41) is 1.17. The topological polar surface area (TPSA) is 35.5 Å². The van der Waals surface area contributed by atoms with Crippen molar-refractivity contribution in [3.8, 4) is 11.5 Å². The molecule has 4 rings (SSSR count). The fourth-order valence-electron chi connectivity index (χ4n) is 3.44. The molecule has 1 aromatic heterocycles. The van der Waals surface area contributed by atoms with E-state index in [9.17, 15) is 4.79 Å². The van der Waals surface area contributed by atoms with Crippen molar-refractivity contribution in [3.63, 3.8) is 0 Å². The molecule has 0 aliphatic rings. The smallest absolute Gasteiger partial charge is 0.314 e. The van der Waals surface area contributed by atoms with Gasteiger partial charge in [-0.25, -0.2) is 0 Å². The summed E-state index contributed by atoms with van der Waals surface area (Å²) in [5.74, 6) is 1.19. The Morgan fingerprint density at radius 1 is 0.867 bits per heavy atom. The molecular weight excluding hydrogens is 392 g/mol. The van der Waals surface area contributed by atoms with Gasteiger partial charge in [0.2, 0.25) is 0 Å². The zero-order chi connectivity index (χ0) is 20.9. The van der Waals surface area contributed by atoms with Crippen molar-refractivity contribution in [3.05, 3.63) is 95.4 Å². The van der Waals surface area contributed by atoms with Gasteiger partial charge >= 0.3 is 5.97 Å². The third-order valence-electron chi connectivity index (χ3n) is 4.93. The number of fused-ring (bicyclic) bond motifs is 1. The van der Waals surface area contributed by atoms with E-state index in [0.717, 1.165) is 21.9 Å². The summed E-state index contributed by atoms with van der Waals surface area (Å²) in [6.07, 6.45) is 0. The van der Waals surface area contributed by atoms with Crippen molar-refractivity contribution in [2.45, 2.75) is 26.4 Å². The van der Waals surface area contributed by atoms with Crippen molar-refractivity contribution >= 4 is 27.4 Å². The van der Waals surface area contributed by atoms with E-state index < -0.39 is 0 Å². The molecular formula is C26H24O3S. The van der Waals surface area contributed by atoms with Crippen LogP contribution in [0.15, 0.2) is 84.9 Å². The minimum absolute atomic E-state index is 0.151. The maximum absolute atomic E-state index is 13.0. The molecule has 0 spiro atoms. The van der Waals surface area contributed by atoms with Gasteiger partial charge in [-0.3, -0.25) is 4.79 Å². The second kappa shape index (κ2) is 9.14. The molecule has 1 unspecified atom stereocenters. The molecule has 4 heteroatoms. The highest BCUT2D eigenvalue weighted by molar-refractivity contribution is 7.19. The van der Waals surface area contributed by atoms with Crippen LogP contribution >= 0.6 is 11.3 Å². The summed E-state index contributed by atoms with van der Waals surface area (Å²) in [4.78, 5) is 14.0. The van der Waals surface area contributed by atoms with E-state index in [4.69, 9.17) is 9.47 Å². The fraction of sp³-hybridized carbons (Fsp3) is 0.192. The molecule has 4 aromatic rings. The molecule has 0 aliphatic heterocycles. The van der Waals surface area contributed by atoms with Crippen LogP contribution in [0.3, 0.4) is 0 Å². The highest BCUT2D eigenvalue weighted by Crippen LogP contribution is 2.35. The molecule has 152 valence electrons. The van der Waals surface area contributed by atoms with Gasteiger partial charge in [0.05, 0.1) is 5.92 Å². The van der Waals surface area contributed by atoms with Gasteiger partial charge in [-0.1, -0.05) is 62.4 Å². The fourth-order valence-corrected chi connectivity index (χ4v) is 4.77. The first-order valence-corrected chi connectivity index (χ1v) is 10.9. The molecule has 0 amide bonds. The van der Waals surface area contributed by atoms with E-state index in [0.29, 0.717) is 0 Å². The maximum atomic E-state index is 13.0. The normalized spacial score (nSPS) is 12.1. The Morgan fingerprint density at radius 2 is 1.60 bits per heavy atom. The van der Waals surface area contributed by atoms with Crippen molar-refractivity contribution in [2.75, 3.05) is 0 Å². The first-order chi connectivity index (χ1) is 14.6. The van der Waals surface area contributed by atoms with Gasteiger partial charge in [0.1, 0.15) is 18.1 Å². The molecule has 3 nitrogen and oxygen atoms in total. The molecule has 0 saturated carbocycles. The summed E-state index contributed by atoms with van der Waals surface area (Å²) in [6, 6.07) is 27.6. The van der Waals surface area contributed by atoms with Crippen LogP contribution in [-0.4, -0.2) is 5.97 Å². The first kappa shape index (κ1) is 20.2. The largest absolute Gasteiger partial charge is 0.460 e. The third kappa shape index (κ3) is 4.71. The number of hydrogen-bond acceptors (Lipinski definition) is 4. The highest BCUT2D eigenvalue weighted by atomic mass is 32.1. The predicted octanol–water partition coefficient (Wildman–Crippen LogP) is 7.18. The standard InChI is InChI=1S/C26H24O3S/c1-18(2)25(24-16-20-10-6-7-14-23(20)30-24)26(27)28-17-19-9-8-13-22(15-19)29-21-11-4-3-5-12-21/h3-16,18,25H,17H2,1-2H3. The number of esters is 1. The molecule has 0 N–H and O–H groups in total. The van der Waals surface area contributed by atoms with E-state index in [1.54, 1.807) is 11.3 Å². The monoisotopic (exact) mass is 416 g/mol. The Balaban J connectivity index is 1.45. The van der Waals surface area contributed by atoms with Crippen LogP contribution in [0.25, 0.3) is 10.1 Å². The quantitative estimate of drug-likeness (QED) is 0.299. The lowest BCUT2D eigenvalue weighted by Gasteiger charge is -2.18. The highest BCUT2D eigenvalue weighted by Gasteiger charge is 2.27. The second-order valence-electron chi connectivity index (χ2n) is 7.58. The Kier molecular flexibility index (Phi) is 6.15. The summed E-state index contributed by atoms with van der Waals surface area (Å²) in [6.45, 7) is 4.34. The second-order valence-corrected chi connectivity index (χ2v) is 8.69. The van der Waals surface area contributed by atoms with Crippen LogP contribution < -0.4 is 4.74 Å². The van der Waals surface area contributed by atoms with Gasteiger partial charge in [-0.2, -0.15) is 0 Å². The predicted molar refractivity (Wildman–Crippen MR) is 122 cm³/mol. The minimum Gasteiger partial charge on any atom is -0.460 e. The number of ether oxygens (including phenoxy) is 2. The first-order valence-electron chi connectivity index (χ1n) is 10.1. The van der Waals surface area contributed by atoms with Crippen molar-refractivity contribution in [2.24, 2.45) is 5.92 Å². The number of thiophene rings is 1. The number of rotatable bonds is 7. The van der Waals surface area contributed by atoms with Crippen LogP contribution in [0.2, 0.25) is 0 Å². The van der Waals surface area contributed by atoms with Crippen LogP contribution in [0, 0.1) is 5.92 Å². The summed E-state index contributed by atoms with van der Waals surface area (Å²) in [5.41, 5.74) is 0.899. The lowest BCUT2D eigenvalue weighted by Crippen LogP contribution is -2.20. The lowest BCUT2D eigenvalue weighted by molar-refractivity contribution is -0.147. The molecule has 30 heavy (non-hydrogen) atoms. The SMILES string of the molecule is CC(C)C(C(=O)OCc1cccc(Oc2ccccc2)c1)c1cc2ccccc2s1. The van der Waals surface area contributed by atoms with Crippen LogP contribution in [0.4, 0.5) is 0 Å². The van der Waals surface area contributed by atoms with Gasteiger partial charge in [-0.05, 0) is 53.3 Å². The molecule has 1 atom stereocenters. The summed E-state index contributed by atoms with van der Waals surface area (Å²) >= 11 is 1.67. The van der Waals surface area contributed by atoms with Crippen LogP contribution in [0.5, 0.6) is 11.5 Å². The summed E-state index contributed by atoms with van der Waals surface area (Å²) in [7, 11) is 0. The van der Waals surface area contributed by atoms with Crippen molar-refractivity contribution in [1.29, 1.82) is 0 Å². The zero-order valence-corrected chi connectivity index (χ0v) is 17.9. The number of carbonyl (C=O) groups excluding carboxylic acids is 1. The Hall–Kier alpha value is -3.11. The molecule has 0 saturated heterocycles. The number of carbonyl (C=O) groups is 1. The molecule has 0 radical (unpaired) electrons. The zero-order valence-electron chi connectivity index (χ0n) is 17.1. The Bertz CT molecular complexity index is 1100. The molecule has 0 bridgehead atoms. The van der Waals surface area contributed by atoms with Gasteiger partial charge in [-0.15, -0.1) is 11.3 Å². The van der Waals surface area contributed by atoms with Gasteiger partial charge in [0.25, 0.3) is 0 Å². The maximum Gasteiger partial charge on any atom is 0.314 e. The molecule has 0 aliphatic carbocycles. The van der Waals surface area contributed by atoms with E-state index in [2.05, 4.69) is 32.0 Å².